The van der Waals surface area contributed by atoms with Crippen LogP contribution in [0.4, 0.5) is 0 Å². The maximum Gasteiger partial charge on any atom is 0.355 e. The van der Waals surface area contributed by atoms with Crippen LogP contribution in [0.25, 0.3) is 0 Å². The molecule has 2 heterocycles. The molecule has 0 radical (unpaired) electrons. The Morgan fingerprint density at radius 2 is 2.20 bits per heavy atom. The van der Waals surface area contributed by atoms with Crippen LogP contribution in [0.1, 0.15) is 31.5 Å². The number of aryl methyl sites for hydroxylation is 1. The lowest BCUT2D eigenvalue weighted by atomic mass is 10.2. The second-order valence-electron chi connectivity index (χ2n) is 4.00. The number of carbonyl (C=O) groups is 2. The smallest absolute Gasteiger partial charge is 0.355 e. The minimum Gasteiger partial charge on any atom is -0.476 e. The van der Waals surface area contributed by atoms with Gasteiger partial charge in [0.1, 0.15) is 10.6 Å². The van der Waals surface area contributed by atoms with Crippen molar-refractivity contribution in [1.29, 1.82) is 0 Å². The van der Waals surface area contributed by atoms with Crippen LogP contribution >= 0.6 is 11.3 Å². The van der Waals surface area contributed by atoms with Crippen molar-refractivity contribution < 1.29 is 14.7 Å². The van der Waals surface area contributed by atoms with Gasteiger partial charge in [-0.05, 0) is 19.1 Å². The Hall–Kier alpha value is -2.48. The van der Waals surface area contributed by atoms with Crippen LogP contribution in [-0.4, -0.2) is 27.0 Å². The van der Waals surface area contributed by atoms with Crippen molar-refractivity contribution in [2.45, 2.75) is 13.5 Å². The Kier molecular flexibility index (Phi) is 3.94. The molecule has 8 heteroatoms. The zero-order valence-electron chi connectivity index (χ0n) is 10.5. The van der Waals surface area contributed by atoms with Gasteiger partial charge >= 0.3 is 5.97 Å². The standard InChI is InChI=1S/C12H11N3O4S/c1-6-2-3-7(11(17)14-6)10(16)13-4-9-15-8(5-20-9)12(18)19/h2-3,5H,4H2,1H3,(H,13,16)(H,14,17)(H,18,19). The van der Waals surface area contributed by atoms with E-state index in [-0.39, 0.29) is 17.8 Å². The lowest BCUT2D eigenvalue weighted by Gasteiger charge is -2.02. The number of aromatic nitrogens is 2. The SMILES string of the molecule is Cc1ccc(C(=O)NCc2nc(C(=O)O)cs2)c(=O)[nH]1. The summed E-state index contributed by atoms with van der Waals surface area (Å²) in [6, 6.07) is 3.07. The Morgan fingerprint density at radius 1 is 1.45 bits per heavy atom. The molecule has 20 heavy (non-hydrogen) atoms. The summed E-state index contributed by atoms with van der Waals surface area (Å²) < 4.78 is 0. The molecule has 0 aromatic carbocycles. The van der Waals surface area contributed by atoms with Crippen molar-refractivity contribution >= 4 is 23.2 Å². The highest BCUT2D eigenvalue weighted by atomic mass is 32.1. The van der Waals surface area contributed by atoms with E-state index in [2.05, 4.69) is 15.3 Å². The van der Waals surface area contributed by atoms with E-state index >= 15 is 0 Å². The third-order valence-electron chi connectivity index (χ3n) is 2.47. The molecule has 0 bridgehead atoms. The van der Waals surface area contributed by atoms with Crippen LogP contribution in [0, 0.1) is 6.92 Å². The lowest BCUT2D eigenvalue weighted by molar-refractivity contribution is 0.0691. The normalized spacial score (nSPS) is 10.2. The number of H-pyrrole nitrogens is 1. The fourth-order valence-corrected chi connectivity index (χ4v) is 2.20. The van der Waals surface area contributed by atoms with Crippen molar-refractivity contribution in [3.05, 3.63) is 49.8 Å². The quantitative estimate of drug-likeness (QED) is 0.770. The molecule has 0 saturated heterocycles. The van der Waals surface area contributed by atoms with Crippen LogP contribution in [0.3, 0.4) is 0 Å². The molecule has 0 atom stereocenters. The molecule has 7 nitrogen and oxygen atoms in total. The molecule has 0 aliphatic carbocycles. The Labute approximate surface area is 117 Å². The average Bonchev–Trinajstić information content (AvgIpc) is 2.85. The van der Waals surface area contributed by atoms with Gasteiger partial charge in [-0.3, -0.25) is 9.59 Å². The summed E-state index contributed by atoms with van der Waals surface area (Å²) in [6.07, 6.45) is 0. The monoisotopic (exact) mass is 293 g/mol. The molecule has 2 aromatic heterocycles. The molecule has 3 N–H and O–H groups in total. The molecule has 2 aromatic rings. The van der Waals surface area contributed by atoms with Gasteiger partial charge in [0, 0.05) is 11.1 Å². The summed E-state index contributed by atoms with van der Waals surface area (Å²) in [5.41, 5.74) is 0.142. The van der Waals surface area contributed by atoms with Crippen LogP contribution in [-0.2, 0) is 6.54 Å². The highest BCUT2D eigenvalue weighted by Crippen LogP contribution is 2.09. The van der Waals surface area contributed by atoms with Crippen molar-refractivity contribution in [2.24, 2.45) is 0 Å². The summed E-state index contributed by atoms with van der Waals surface area (Å²) in [5, 5.41) is 13.1. The van der Waals surface area contributed by atoms with Crippen molar-refractivity contribution in [3.8, 4) is 0 Å². The van der Waals surface area contributed by atoms with Gasteiger partial charge in [-0.2, -0.15) is 0 Å². The average molecular weight is 293 g/mol. The van der Waals surface area contributed by atoms with Gasteiger partial charge in [-0.25, -0.2) is 9.78 Å². The van der Waals surface area contributed by atoms with Gasteiger partial charge in [0.2, 0.25) is 0 Å². The van der Waals surface area contributed by atoms with E-state index in [1.165, 1.54) is 11.4 Å². The predicted molar refractivity (Wildman–Crippen MR) is 72.0 cm³/mol. The number of aromatic amines is 1. The molecule has 0 fully saturated rings. The van der Waals surface area contributed by atoms with E-state index in [4.69, 9.17) is 5.11 Å². The van der Waals surface area contributed by atoms with Crippen LogP contribution in [0.2, 0.25) is 0 Å². The van der Waals surface area contributed by atoms with Gasteiger partial charge < -0.3 is 15.4 Å². The fraction of sp³-hybridized carbons (Fsp3) is 0.167. The topological polar surface area (TPSA) is 112 Å². The van der Waals surface area contributed by atoms with E-state index in [1.54, 1.807) is 13.0 Å². The fourth-order valence-electron chi connectivity index (χ4n) is 1.49. The lowest BCUT2D eigenvalue weighted by Crippen LogP contribution is -2.29. The highest BCUT2D eigenvalue weighted by Gasteiger charge is 2.12. The largest absolute Gasteiger partial charge is 0.476 e. The number of thiazole rings is 1. The molecular formula is C12H11N3O4S. The minimum atomic E-state index is -1.12. The Morgan fingerprint density at radius 3 is 2.80 bits per heavy atom. The second kappa shape index (κ2) is 5.66. The van der Waals surface area contributed by atoms with E-state index in [1.807, 2.05) is 0 Å². The number of carboxylic acids is 1. The maximum absolute atomic E-state index is 11.8. The van der Waals surface area contributed by atoms with Crippen LogP contribution < -0.4 is 10.9 Å². The zero-order chi connectivity index (χ0) is 14.7. The summed E-state index contributed by atoms with van der Waals surface area (Å²) >= 11 is 1.13. The first kappa shape index (κ1) is 13.9. The molecule has 104 valence electrons. The second-order valence-corrected chi connectivity index (χ2v) is 4.94. The first-order valence-electron chi connectivity index (χ1n) is 5.63. The van der Waals surface area contributed by atoms with Crippen LogP contribution in [0.5, 0.6) is 0 Å². The number of rotatable bonds is 4. The number of aromatic carboxylic acids is 1. The van der Waals surface area contributed by atoms with Gasteiger partial charge in [0.15, 0.2) is 5.69 Å². The van der Waals surface area contributed by atoms with E-state index < -0.39 is 17.4 Å². The van der Waals surface area contributed by atoms with E-state index in [0.717, 1.165) is 11.3 Å². The number of nitrogens with zero attached hydrogens (tertiary/aromatic N) is 1. The van der Waals surface area contributed by atoms with Crippen LogP contribution in [0.15, 0.2) is 22.3 Å². The third kappa shape index (κ3) is 3.09. The summed E-state index contributed by atoms with van der Waals surface area (Å²) in [7, 11) is 0. The highest BCUT2D eigenvalue weighted by molar-refractivity contribution is 7.09. The summed E-state index contributed by atoms with van der Waals surface area (Å²) in [6.45, 7) is 1.79. The number of nitrogens with one attached hydrogen (secondary N) is 2. The van der Waals surface area contributed by atoms with Crippen molar-refractivity contribution in [3.63, 3.8) is 0 Å². The van der Waals surface area contributed by atoms with Gasteiger partial charge in [-0.1, -0.05) is 0 Å². The number of carboxylic acid groups (broad SMARTS) is 1. The van der Waals surface area contributed by atoms with Gasteiger partial charge in [0.05, 0.1) is 6.54 Å². The number of pyridine rings is 1. The van der Waals surface area contributed by atoms with Gasteiger partial charge in [0.25, 0.3) is 11.5 Å². The summed E-state index contributed by atoms with van der Waals surface area (Å²) in [4.78, 5) is 40.4. The summed E-state index contributed by atoms with van der Waals surface area (Å²) in [5.74, 6) is -1.65. The Balaban J connectivity index is 2.04. The number of carbonyl (C=O) groups excluding carboxylic acids is 1. The van der Waals surface area contributed by atoms with Crippen molar-refractivity contribution in [1.82, 2.24) is 15.3 Å². The molecule has 0 saturated carbocycles. The van der Waals surface area contributed by atoms with E-state index in [9.17, 15) is 14.4 Å². The molecule has 0 aliphatic heterocycles. The predicted octanol–water partition coefficient (Wildman–Crippen LogP) is 0.768. The molecule has 0 unspecified atom stereocenters. The molecule has 2 rings (SSSR count). The number of hydrogen-bond acceptors (Lipinski definition) is 5. The van der Waals surface area contributed by atoms with Crippen molar-refractivity contribution in [2.75, 3.05) is 0 Å². The van der Waals surface area contributed by atoms with Gasteiger partial charge in [-0.15, -0.1) is 11.3 Å². The number of amides is 1. The molecule has 0 spiro atoms. The minimum absolute atomic E-state index is 0.00520. The molecule has 1 amide bonds. The molecular weight excluding hydrogens is 282 g/mol. The maximum atomic E-state index is 11.8. The first-order valence-corrected chi connectivity index (χ1v) is 6.51. The Bertz CT molecular complexity index is 719. The van der Waals surface area contributed by atoms with E-state index in [0.29, 0.717) is 10.7 Å². The third-order valence-corrected chi connectivity index (χ3v) is 3.32. The molecule has 0 aliphatic rings. The zero-order valence-corrected chi connectivity index (χ0v) is 11.3. The number of hydrogen-bond donors (Lipinski definition) is 3. The first-order chi connectivity index (χ1) is 9.47.